The summed E-state index contributed by atoms with van der Waals surface area (Å²) in [4.78, 5) is 17.4. The van der Waals surface area contributed by atoms with Crippen LogP contribution >= 0.6 is 31.9 Å². The number of benzene rings is 3. The molecule has 0 atom stereocenters. The molecule has 0 fully saturated rings. The summed E-state index contributed by atoms with van der Waals surface area (Å²) in [6.07, 6.45) is 1.56. The van der Waals surface area contributed by atoms with Crippen molar-refractivity contribution in [1.29, 1.82) is 0 Å². The number of fused-ring (bicyclic) bond motifs is 1. The zero-order valence-electron chi connectivity index (χ0n) is 16.3. The fourth-order valence-electron chi connectivity index (χ4n) is 3.01. The molecule has 0 saturated carbocycles. The quantitative estimate of drug-likeness (QED) is 0.297. The molecule has 31 heavy (non-hydrogen) atoms. The van der Waals surface area contributed by atoms with E-state index in [-0.39, 0.29) is 18.0 Å². The predicted octanol–water partition coefficient (Wildman–Crippen LogP) is 5.83. The summed E-state index contributed by atoms with van der Waals surface area (Å²) in [5.41, 5.74) is 1.87. The Hall–Kier alpha value is -2.84. The van der Waals surface area contributed by atoms with Gasteiger partial charge in [-0.1, -0.05) is 44.0 Å². The lowest BCUT2D eigenvalue weighted by Crippen LogP contribution is -2.20. The second kappa shape index (κ2) is 9.11. The van der Waals surface area contributed by atoms with Gasteiger partial charge >= 0.3 is 0 Å². The molecule has 0 aliphatic rings. The van der Waals surface area contributed by atoms with Crippen LogP contribution in [0.25, 0.3) is 10.9 Å². The molecule has 0 radical (unpaired) electrons. The predicted molar refractivity (Wildman–Crippen MR) is 126 cm³/mol. The molecular weight excluding hydrogens is 529 g/mol. The van der Waals surface area contributed by atoms with Gasteiger partial charge in [0.25, 0.3) is 5.56 Å². The van der Waals surface area contributed by atoms with Gasteiger partial charge in [0, 0.05) is 14.5 Å². The van der Waals surface area contributed by atoms with Gasteiger partial charge in [0.2, 0.25) is 0 Å². The summed E-state index contributed by atoms with van der Waals surface area (Å²) in [5, 5.41) is 4.85. The van der Waals surface area contributed by atoms with Crippen LogP contribution < -0.4 is 10.3 Å². The summed E-state index contributed by atoms with van der Waals surface area (Å²) in [6, 6.07) is 17.0. The average Bonchev–Trinajstić information content (AvgIpc) is 2.75. The van der Waals surface area contributed by atoms with E-state index in [1.165, 1.54) is 16.8 Å². The normalized spacial score (nSPS) is 11.4. The molecule has 0 aliphatic heterocycles. The molecule has 1 heterocycles. The van der Waals surface area contributed by atoms with E-state index < -0.39 is 0 Å². The zero-order valence-corrected chi connectivity index (χ0v) is 19.5. The van der Waals surface area contributed by atoms with E-state index in [0.717, 1.165) is 14.5 Å². The van der Waals surface area contributed by atoms with E-state index in [4.69, 9.17) is 4.74 Å². The van der Waals surface area contributed by atoms with Crippen LogP contribution in [-0.2, 0) is 6.61 Å². The summed E-state index contributed by atoms with van der Waals surface area (Å²) >= 11 is 6.84. The lowest BCUT2D eigenvalue weighted by molar-refractivity contribution is 0.305. The fourth-order valence-corrected chi connectivity index (χ4v) is 3.75. The maximum Gasteiger partial charge on any atom is 0.282 e. The molecule has 0 bridgehead atoms. The third-order valence-electron chi connectivity index (χ3n) is 4.56. The second-order valence-corrected chi connectivity index (χ2v) is 8.61. The molecule has 0 aliphatic carbocycles. The maximum absolute atomic E-state index is 13.1. The number of rotatable bonds is 5. The fraction of sp³-hybridized carbons (Fsp3) is 0.0870. The molecule has 0 unspecified atom stereocenters. The van der Waals surface area contributed by atoms with Crippen molar-refractivity contribution < 1.29 is 9.13 Å². The Morgan fingerprint density at radius 1 is 1.06 bits per heavy atom. The van der Waals surface area contributed by atoms with Gasteiger partial charge in [-0.05, 0) is 61.0 Å². The number of aryl methyl sites for hydroxylation is 1. The first-order valence-corrected chi connectivity index (χ1v) is 10.9. The first-order valence-electron chi connectivity index (χ1n) is 9.31. The third-order valence-corrected chi connectivity index (χ3v) is 5.55. The lowest BCUT2D eigenvalue weighted by atomic mass is 10.2. The van der Waals surface area contributed by atoms with Gasteiger partial charge in [-0.25, -0.2) is 9.37 Å². The molecule has 156 valence electrons. The highest BCUT2D eigenvalue weighted by molar-refractivity contribution is 9.10. The van der Waals surface area contributed by atoms with Crippen molar-refractivity contribution in [2.75, 3.05) is 0 Å². The van der Waals surface area contributed by atoms with Crippen LogP contribution in [0.2, 0.25) is 0 Å². The van der Waals surface area contributed by atoms with E-state index >= 15 is 0 Å². The highest BCUT2D eigenvalue weighted by atomic mass is 79.9. The van der Waals surface area contributed by atoms with E-state index in [2.05, 4.69) is 41.9 Å². The number of halogens is 3. The average molecular weight is 545 g/mol. The van der Waals surface area contributed by atoms with Gasteiger partial charge in [0.1, 0.15) is 24.0 Å². The van der Waals surface area contributed by atoms with Gasteiger partial charge < -0.3 is 4.74 Å². The molecule has 1 aromatic heterocycles. The Balaban J connectivity index is 1.67. The second-order valence-electron chi connectivity index (χ2n) is 6.78. The number of hydrogen-bond acceptors (Lipinski definition) is 4. The molecule has 4 rings (SSSR count). The van der Waals surface area contributed by atoms with Gasteiger partial charge in [0.15, 0.2) is 0 Å². The summed E-state index contributed by atoms with van der Waals surface area (Å²) < 4.78 is 21.9. The van der Waals surface area contributed by atoms with Crippen molar-refractivity contribution >= 4 is 49.0 Å². The SMILES string of the molecule is Cc1nc2ccc(Br)cc2c(=O)n1N=Cc1cc(Br)ccc1OCc1ccc(F)cc1. The molecule has 0 saturated heterocycles. The van der Waals surface area contributed by atoms with Crippen LogP contribution in [0.4, 0.5) is 4.39 Å². The Bertz CT molecular complexity index is 1350. The Morgan fingerprint density at radius 2 is 1.77 bits per heavy atom. The van der Waals surface area contributed by atoms with Gasteiger partial charge in [-0.2, -0.15) is 9.78 Å². The smallest absolute Gasteiger partial charge is 0.282 e. The first-order chi connectivity index (χ1) is 14.9. The first kappa shape index (κ1) is 21.4. The molecular formula is C23H16Br2FN3O2. The van der Waals surface area contributed by atoms with Crippen molar-refractivity contribution in [2.24, 2.45) is 5.10 Å². The Morgan fingerprint density at radius 3 is 2.55 bits per heavy atom. The van der Waals surface area contributed by atoms with Crippen LogP contribution in [0.5, 0.6) is 5.75 Å². The molecule has 0 spiro atoms. The van der Waals surface area contributed by atoms with Crippen molar-refractivity contribution in [2.45, 2.75) is 13.5 Å². The summed E-state index contributed by atoms with van der Waals surface area (Å²) in [7, 11) is 0. The van der Waals surface area contributed by atoms with Gasteiger partial charge in [-0.15, -0.1) is 0 Å². The zero-order chi connectivity index (χ0) is 22.0. The van der Waals surface area contributed by atoms with Crippen molar-refractivity contribution in [3.8, 4) is 5.75 Å². The van der Waals surface area contributed by atoms with Crippen LogP contribution in [0.15, 0.2) is 79.5 Å². The minimum Gasteiger partial charge on any atom is -0.488 e. The summed E-state index contributed by atoms with van der Waals surface area (Å²) in [6.45, 7) is 2.00. The topological polar surface area (TPSA) is 56.5 Å². The van der Waals surface area contributed by atoms with Gasteiger partial charge in [0.05, 0.1) is 17.1 Å². The van der Waals surface area contributed by atoms with E-state index in [0.29, 0.717) is 28.0 Å². The summed E-state index contributed by atoms with van der Waals surface area (Å²) in [5.74, 6) is 0.760. The standard InChI is InChI=1S/C23H16Br2FN3O2/c1-14-28-21-8-4-18(25)11-20(21)23(30)29(14)27-12-16-10-17(24)5-9-22(16)31-13-15-2-6-19(26)7-3-15/h2-12H,13H2,1H3. The molecule has 0 amide bonds. The minimum absolute atomic E-state index is 0.260. The number of nitrogens with zero attached hydrogens (tertiary/aromatic N) is 3. The van der Waals surface area contributed by atoms with Crippen LogP contribution in [0.1, 0.15) is 17.0 Å². The lowest BCUT2D eigenvalue weighted by Gasteiger charge is -2.10. The van der Waals surface area contributed by atoms with Crippen molar-refractivity contribution in [3.05, 3.63) is 103 Å². The number of ether oxygens (including phenoxy) is 1. The van der Waals surface area contributed by atoms with Crippen LogP contribution in [0.3, 0.4) is 0 Å². The van der Waals surface area contributed by atoms with Gasteiger partial charge in [-0.3, -0.25) is 4.79 Å². The number of aromatic nitrogens is 2. The molecule has 5 nitrogen and oxygen atoms in total. The Kier molecular flexibility index (Phi) is 6.29. The molecule has 4 aromatic rings. The maximum atomic E-state index is 13.1. The van der Waals surface area contributed by atoms with E-state index in [1.807, 2.05) is 18.2 Å². The minimum atomic E-state index is -0.294. The monoisotopic (exact) mass is 543 g/mol. The number of hydrogen-bond donors (Lipinski definition) is 0. The van der Waals surface area contributed by atoms with E-state index in [9.17, 15) is 9.18 Å². The van der Waals surface area contributed by atoms with Crippen LogP contribution in [0, 0.1) is 12.7 Å². The highest BCUT2D eigenvalue weighted by Crippen LogP contribution is 2.23. The molecule has 3 aromatic carbocycles. The molecule has 0 N–H and O–H groups in total. The van der Waals surface area contributed by atoms with Crippen LogP contribution in [-0.4, -0.2) is 15.9 Å². The molecule has 8 heteroatoms. The third kappa shape index (κ3) is 4.91. The van der Waals surface area contributed by atoms with Crippen molar-refractivity contribution in [1.82, 2.24) is 9.66 Å². The Labute approximate surface area is 194 Å². The largest absolute Gasteiger partial charge is 0.488 e. The van der Waals surface area contributed by atoms with E-state index in [1.54, 1.807) is 43.5 Å². The van der Waals surface area contributed by atoms with Crippen molar-refractivity contribution in [3.63, 3.8) is 0 Å². The highest BCUT2D eigenvalue weighted by Gasteiger charge is 2.09.